The molecule has 0 fully saturated rings. The minimum atomic E-state index is -1.13. The monoisotopic (exact) mass is 509 g/mol. The van der Waals surface area contributed by atoms with Crippen LogP contribution in [0.5, 0.6) is 5.75 Å². The highest BCUT2D eigenvalue weighted by Crippen LogP contribution is 2.28. The topological polar surface area (TPSA) is 86.6 Å². The van der Waals surface area contributed by atoms with Gasteiger partial charge in [-0.1, -0.05) is 12.1 Å². The van der Waals surface area contributed by atoms with Crippen molar-refractivity contribution >= 4 is 62.7 Å². The van der Waals surface area contributed by atoms with Crippen LogP contribution in [-0.2, 0) is 0 Å². The van der Waals surface area contributed by atoms with Crippen LogP contribution < -0.4 is 5.32 Å². The van der Waals surface area contributed by atoms with Crippen molar-refractivity contribution in [2.24, 2.45) is 0 Å². The number of phenols is 1. The third-order valence-corrected chi connectivity index (χ3v) is 4.12. The fraction of sp³-hybridized carbons (Fsp3) is 0. The minimum Gasteiger partial charge on any atom is -0.506 e. The molecule has 0 radical (unpaired) electrons. The lowest BCUT2D eigenvalue weighted by atomic mass is 10.1. The number of carboxylic acid groups (broad SMARTS) is 1. The van der Waals surface area contributed by atoms with Crippen molar-refractivity contribution < 1.29 is 19.8 Å². The highest BCUT2D eigenvalue weighted by molar-refractivity contribution is 14.1. The lowest BCUT2D eigenvalue weighted by Gasteiger charge is -2.10. The Balaban J connectivity index is 2.38. The van der Waals surface area contributed by atoms with Gasteiger partial charge in [-0.15, -0.1) is 0 Å². The molecule has 0 aliphatic carbocycles. The summed E-state index contributed by atoms with van der Waals surface area (Å²) < 4.78 is 1.35. The molecule has 0 aliphatic rings. The van der Waals surface area contributed by atoms with Gasteiger partial charge in [0.25, 0.3) is 5.91 Å². The quantitative estimate of drug-likeness (QED) is 0.553. The van der Waals surface area contributed by atoms with Crippen LogP contribution in [-0.4, -0.2) is 22.1 Å². The lowest BCUT2D eigenvalue weighted by Crippen LogP contribution is -2.15. The number of amides is 1. The second-order valence-corrected chi connectivity index (χ2v) is 6.50. The van der Waals surface area contributed by atoms with Crippen molar-refractivity contribution in [1.82, 2.24) is 0 Å². The molecule has 0 saturated heterocycles. The Labute approximate surface area is 147 Å². The van der Waals surface area contributed by atoms with Crippen molar-refractivity contribution in [3.63, 3.8) is 0 Å². The van der Waals surface area contributed by atoms with Gasteiger partial charge in [0.2, 0.25) is 0 Å². The average molecular weight is 509 g/mol. The SMILES string of the molecule is O=C(O)c1ccccc1NC(=O)c1cc(I)cc(I)c1O. The Bertz CT molecular complexity index is 731. The van der Waals surface area contributed by atoms with Gasteiger partial charge in [0.15, 0.2) is 0 Å². The third-order valence-electron chi connectivity index (χ3n) is 2.68. The molecule has 0 atom stereocenters. The first-order chi connectivity index (χ1) is 9.90. The van der Waals surface area contributed by atoms with E-state index in [0.29, 0.717) is 3.57 Å². The fourth-order valence-electron chi connectivity index (χ4n) is 1.71. The first-order valence-corrected chi connectivity index (χ1v) is 7.87. The average Bonchev–Trinajstić information content (AvgIpc) is 2.43. The molecular weight excluding hydrogens is 500 g/mol. The molecule has 7 heteroatoms. The number of carboxylic acids is 1. The maximum Gasteiger partial charge on any atom is 0.337 e. The van der Waals surface area contributed by atoms with E-state index in [2.05, 4.69) is 5.32 Å². The van der Waals surface area contributed by atoms with Crippen LogP contribution in [0.2, 0.25) is 0 Å². The Morgan fingerprint density at radius 2 is 1.71 bits per heavy atom. The maximum absolute atomic E-state index is 12.2. The molecule has 0 saturated carbocycles. The number of benzene rings is 2. The number of carbonyl (C=O) groups is 2. The van der Waals surface area contributed by atoms with E-state index < -0.39 is 11.9 Å². The number of para-hydroxylation sites is 1. The van der Waals surface area contributed by atoms with Crippen molar-refractivity contribution in [1.29, 1.82) is 0 Å². The molecule has 0 aromatic heterocycles. The molecule has 2 rings (SSSR count). The number of rotatable bonds is 3. The van der Waals surface area contributed by atoms with Gasteiger partial charge in [0.1, 0.15) is 5.75 Å². The number of halogens is 2. The van der Waals surface area contributed by atoms with Gasteiger partial charge in [-0.2, -0.15) is 0 Å². The summed E-state index contributed by atoms with van der Waals surface area (Å²) in [5.74, 6) is -1.81. The standard InChI is InChI=1S/C14H9I2NO4/c15-7-5-9(12(18)10(16)6-7)13(19)17-11-4-2-1-3-8(11)14(20)21/h1-6,18H,(H,17,19)(H,20,21). The van der Waals surface area contributed by atoms with Gasteiger partial charge in [0.05, 0.1) is 20.4 Å². The first-order valence-electron chi connectivity index (χ1n) is 5.72. The summed E-state index contributed by atoms with van der Waals surface area (Å²) in [7, 11) is 0. The molecule has 2 aromatic rings. The Morgan fingerprint density at radius 3 is 2.38 bits per heavy atom. The Morgan fingerprint density at radius 1 is 1.05 bits per heavy atom. The number of aromatic carboxylic acids is 1. The lowest BCUT2D eigenvalue weighted by molar-refractivity contribution is 0.0698. The van der Waals surface area contributed by atoms with E-state index in [4.69, 9.17) is 5.11 Å². The van der Waals surface area contributed by atoms with Gasteiger partial charge < -0.3 is 15.5 Å². The molecule has 108 valence electrons. The van der Waals surface area contributed by atoms with Gasteiger partial charge in [-0.3, -0.25) is 4.79 Å². The van der Waals surface area contributed by atoms with Crippen LogP contribution in [0.1, 0.15) is 20.7 Å². The second kappa shape index (κ2) is 6.60. The Kier molecular flexibility index (Phi) is 5.04. The smallest absolute Gasteiger partial charge is 0.337 e. The predicted molar refractivity (Wildman–Crippen MR) is 94.9 cm³/mol. The van der Waals surface area contributed by atoms with Crippen molar-refractivity contribution in [3.05, 3.63) is 54.7 Å². The summed E-state index contributed by atoms with van der Waals surface area (Å²) in [6.07, 6.45) is 0. The number of hydrogen-bond donors (Lipinski definition) is 3. The molecule has 0 heterocycles. The summed E-state index contributed by atoms with van der Waals surface area (Å²) in [5, 5.41) is 21.6. The fourth-order valence-corrected chi connectivity index (χ4v) is 3.55. The summed E-state index contributed by atoms with van der Waals surface area (Å²) >= 11 is 3.97. The molecular formula is C14H9I2NO4. The van der Waals surface area contributed by atoms with Gasteiger partial charge in [-0.05, 0) is 69.4 Å². The van der Waals surface area contributed by atoms with Crippen LogP contribution in [0.4, 0.5) is 5.69 Å². The van der Waals surface area contributed by atoms with E-state index in [1.807, 2.05) is 45.2 Å². The number of aromatic hydroxyl groups is 1. The van der Waals surface area contributed by atoms with Gasteiger partial charge in [0, 0.05) is 3.57 Å². The Hall–Kier alpha value is -1.36. The molecule has 0 spiro atoms. The molecule has 0 unspecified atom stereocenters. The normalized spacial score (nSPS) is 10.2. The van der Waals surface area contributed by atoms with Crippen LogP contribution in [0, 0.1) is 7.14 Å². The summed E-state index contributed by atoms with van der Waals surface area (Å²) in [4.78, 5) is 23.4. The number of carbonyl (C=O) groups excluding carboxylic acids is 1. The number of nitrogens with one attached hydrogen (secondary N) is 1. The molecule has 0 aliphatic heterocycles. The zero-order chi connectivity index (χ0) is 15.6. The van der Waals surface area contributed by atoms with E-state index in [-0.39, 0.29) is 22.6 Å². The molecule has 21 heavy (non-hydrogen) atoms. The van der Waals surface area contributed by atoms with Crippen LogP contribution in [0.25, 0.3) is 0 Å². The second-order valence-electron chi connectivity index (χ2n) is 4.09. The van der Waals surface area contributed by atoms with Crippen LogP contribution in [0.15, 0.2) is 36.4 Å². The van der Waals surface area contributed by atoms with E-state index in [1.54, 1.807) is 18.2 Å². The van der Waals surface area contributed by atoms with E-state index in [0.717, 1.165) is 3.57 Å². The van der Waals surface area contributed by atoms with Crippen LogP contribution in [0.3, 0.4) is 0 Å². The van der Waals surface area contributed by atoms with Crippen molar-refractivity contribution in [2.45, 2.75) is 0 Å². The van der Waals surface area contributed by atoms with Gasteiger partial charge >= 0.3 is 5.97 Å². The zero-order valence-electron chi connectivity index (χ0n) is 10.4. The van der Waals surface area contributed by atoms with E-state index in [1.165, 1.54) is 18.2 Å². The number of anilines is 1. The molecule has 2 aromatic carbocycles. The highest BCUT2D eigenvalue weighted by atomic mass is 127. The molecule has 0 bridgehead atoms. The van der Waals surface area contributed by atoms with Crippen molar-refractivity contribution in [2.75, 3.05) is 5.32 Å². The van der Waals surface area contributed by atoms with E-state index in [9.17, 15) is 14.7 Å². The summed E-state index contributed by atoms with van der Waals surface area (Å²) in [6, 6.07) is 9.37. The zero-order valence-corrected chi connectivity index (χ0v) is 14.7. The molecule has 5 nitrogen and oxygen atoms in total. The minimum absolute atomic E-state index is 0.00864. The van der Waals surface area contributed by atoms with E-state index >= 15 is 0 Å². The summed E-state index contributed by atoms with van der Waals surface area (Å²) in [6.45, 7) is 0. The number of phenolic OH excluding ortho intramolecular Hbond substituents is 1. The maximum atomic E-state index is 12.2. The van der Waals surface area contributed by atoms with Crippen LogP contribution >= 0.6 is 45.2 Å². The summed E-state index contributed by atoms with van der Waals surface area (Å²) in [5.41, 5.74) is 0.278. The highest BCUT2D eigenvalue weighted by Gasteiger charge is 2.17. The van der Waals surface area contributed by atoms with Crippen molar-refractivity contribution in [3.8, 4) is 5.75 Å². The van der Waals surface area contributed by atoms with Gasteiger partial charge in [-0.25, -0.2) is 4.79 Å². The third kappa shape index (κ3) is 3.64. The predicted octanol–water partition coefficient (Wildman–Crippen LogP) is 3.55. The molecule has 3 N–H and O–H groups in total. The molecule has 1 amide bonds. The largest absolute Gasteiger partial charge is 0.506 e. The number of hydrogen-bond acceptors (Lipinski definition) is 3. The first kappa shape index (κ1) is 16.0.